The average Bonchev–Trinajstić information content (AvgIpc) is 2.86. The lowest BCUT2D eigenvalue weighted by molar-refractivity contribution is 0.277. The molecule has 0 saturated carbocycles. The first-order chi connectivity index (χ1) is 6.83. The van der Waals surface area contributed by atoms with Crippen molar-refractivity contribution < 1.29 is 5.11 Å². The predicted molar refractivity (Wildman–Crippen MR) is 52.3 cm³/mol. The summed E-state index contributed by atoms with van der Waals surface area (Å²) in [7, 11) is 0. The zero-order valence-electron chi connectivity index (χ0n) is 7.71. The van der Waals surface area contributed by atoms with E-state index in [1.807, 2.05) is 6.92 Å². The first-order valence-electron chi connectivity index (χ1n) is 4.30. The number of hydrogen-bond donors (Lipinski definition) is 1. The molecule has 0 saturated heterocycles. The van der Waals surface area contributed by atoms with Gasteiger partial charge in [-0.3, -0.25) is 4.57 Å². The summed E-state index contributed by atoms with van der Waals surface area (Å²) in [5.41, 5.74) is 0.637. The van der Waals surface area contributed by atoms with Crippen LogP contribution in [0.2, 0.25) is 0 Å². The second-order valence-corrected chi connectivity index (χ2v) is 3.80. The molecule has 0 amide bonds. The quantitative estimate of drug-likeness (QED) is 0.813. The van der Waals surface area contributed by atoms with Gasteiger partial charge in [0.05, 0.1) is 12.3 Å². The first-order valence-corrected chi connectivity index (χ1v) is 5.11. The van der Waals surface area contributed by atoms with E-state index < -0.39 is 0 Å². The van der Waals surface area contributed by atoms with Gasteiger partial charge in [0.15, 0.2) is 0 Å². The summed E-state index contributed by atoms with van der Waals surface area (Å²) in [4.78, 5) is 4.00. The fraction of sp³-hybridized carbons (Fsp3) is 0.375. The van der Waals surface area contributed by atoms with Crippen molar-refractivity contribution in [2.75, 3.05) is 0 Å². The molecule has 74 valence electrons. The van der Waals surface area contributed by atoms with Gasteiger partial charge in [0.2, 0.25) is 5.13 Å². The molecule has 6 heteroatoms. The second kappa shape index (κ2) is 3.85. The van der Waals surface area contributed by atoms with Crippen LogP contribution in [0.5, 0.6) is 0 Å². The van der Waals surface area contributed by atoms with E-state index in [-0.39, 0.29) is 6.61 Å². The number of nitrogens with zero attached hydrogens (tertiary/aromatic N) is 4. The maximum atomic E-state index is 8.84. The number of hydrogen-bond acceptors (Lipinski definition) is 5. The zero-order chi connectivity index (χ0) is 9.97. The Morgan fingerprint density at radius 1 is 1.50 bits per heavy atom. The molecular weight excluding hydrogens is 200 g/mol. The number of aryl methyl sites for hydroxylation is 1. The summed E-state index contributed by atoms with van der Waals surface area (Å²) < 4.78 is 1.77. The van der Waals surface area contributed by atoms with Crippen LogP contribution in [0.25, 0.3) is 5.13 Å². The molecule has 0 spiro atoms. The van der Waals surface area contributed by atoms with Crippen molar-refractivity contribution in [1.29, 1.82) is 0 Å². The maximum Gasteiger partial charge on any atom is 0.217 e. The third-order valence-electron chi connectivity index (χ3n) is 1.78. The van der Waals surface area contributed by atoms with Gasteiger partial charge in [-0.15, -0.1) is 10.2 Å². The molecule has 2 heterocycles. The Morgan fingerprint density at radius 3 is 2.93 bits per heavy atom. The molecule has 0 bridgehead atoms. The molecule has 14 heavy (non-hydrogen) atoms. The lowest BCUT2D eigenvalue weighted by Crippen LogP contribution is -1.88. The van der Waals surface area contributed by atoms with Gasteiger partial charge in [-0.05, 0) is 6.42 Å². The monoisotopic (exact) mass is 210 g/mol. The molecule has 0 radical (unpaired) electrons. The number of rotatable bonds is 3. The highest BCUT2D eigenvalue weighted by Crippen LogP contribution is 2.15. The zero-order valence-corrected chi connectivity index (χ0v) is 8.53. The Bertz CT molecular complexity index is 382. The standard InChI is InChI=1S/C8H10N4OS/c1-2-7-10-11-8(14-7)12-3-6(4-13)9-5-12/h3,5,13H,2,4H2,1H3. The van der Waals surface area contributed by atoms with Crippen molar-refractivity contribution in [1.82, 2.24) is 19.7 Å². The minimum atomic E-state index is -0.0492. The predicted octanol–water partition coefficient (Wildman–Crippen LogP) is 0.778. The molecule has 1 N–H and O–H groups in total. The van der Waals surface area contributed by atoms with E-state index in [1.165, 1.54) is 11.3 Å². The third kappa shape index (κ3) is 1.66. The average molecular weight is 210 g/mol. The van der Waals surface area contributed by atoms with E-state index in [0.717, 1.165) is 16.6 Å². The number of aliphatic hydroxyl groups excluding tert-OH is 1. The Hall–Kier alpha value is -1.27. The van der Waals surface area contributed by atoms with Crippen LogP contribution >= 0.6 is 11.3 Å². The van der Waals surface area contributed by atoms with Crippen LogP contribution in [0.1, 0.15) is 17.6 Å². The molecule has 0 atom stereocenters. The van der Waals surface area contributed by atoms with E-state index in [4.69, 9.17) is 5.11 Å². The van der Waals surface area contributed by atoms with Crippen LogP contribution in [0.4, 0.5) is 0 Å². The van der Waals surface area contributed by atoms with Crippen molar-refractivity contribution in [3.05, 3.63) is 23.2 Å². The molecule has 0 aliphatic heterocycles. The topological polar surface area (TPSA) is 63.8 Å². The van der Waals surface area contributed by atoms with Crippen molar-refractivity contribution in [3.8, 4) is 5.13 Å². The van der Waals surface area contributed by atoms with Crippen LogP contribution in [0.15, 0.2) is 12.5 Å². The molecule has 0 aromatic carbocycles. The minimum absolute atomic E-state index is 0.0492. The molecule has 0 fully saturated rings. The van der Waals surface area contributed by atoms with Crippen molar-refractivity contribution in [2.24, 2.45) is 0 Å². The molecule has 2 rings (SSSR count). The minimum Gasteiger partial charge on any atom is -0.390 e. The summed E-state index contributed by atoms with van der Waals surface area (Å²) in [6, 6.07) is 0. The van der Waals surface area contributed by atoms with Gasteiger partial charge in [0.1, 0.15) is 11.3 Å². The van der Waals surface area contributed by atoms with Crippen LogP contribution in [0, 0.1) is 0 Å². The van der Waals surface area contributed by atoms with Crippen LogP contribution in [-0.2, 0) is 13.0 Å². The van der Waals surface area contributed by atoms with Gasteiger partial charge < -0.3 is 5.11 Å². The molecule has 0 aliphatic carbocycles. The van der Waals surface area contributed by atoms with E-state index in [1.54, 1.807) is 17.1 Å². The van der Waals surface area contributed by atoms with Gasteiger partial charge in [-0.2, -0.15) is 0 Å². The first kappa shape index (κ1) is 9.29. The highest BCUT2D eigenvalue weighted by Gasteiger charge is 2.05. The molecule has 5 nitrogen and oxygen atoms in total. The van der Waals surface area contributed by atoms with E-state index in [9.17, 15) is 0 Å². The number of aromatic nitrogens is 4. The number of aliphatic hydroxyl groups is 1. The fourth-order valence-electron chi connectivity index (χ4n) is 1.04. The van der Waals surface area contributed by atoms with Gasteiger partial charge in [0.25, 0.3) is 0 Å². The Balaban J connectivity index is 2.29. The summed E-state index contributed by atoms with van der Waals surface area (Å²) in [5, 5.41) is 18.6. The summed E-state index contributed by atoms with van der Waals surface area (Å²) >= 11 is 1.53. The molecule has 2 aromatic heterocycles. The van der Waals surface area contributed by atoms with Crippen molar-refractivity contribution >= 4 is 11.3 Å². The maximum absolute atomic E-state index is 8.84. The normalized spacial score (nSPS) is 10.7. The number of imidazole rings is 1. The third-order valence-corrected chi connectivity index (χ3v) is 2.86. The SMILES string of the molecule is CCc1nnc(-n2cnc(CO)c2)s1. The van der Waals surface area contributed by atoms with Crippen LogP contribution < -0.4 is 0 Å². The Kier molecular flexibility index (Phi) is 2.55. The van der Waals surface area contributed by atoms with Crippen molar-refractivity contribution in [2.45, 2.75) is 20.0 Å². The second-order valence-electron chi connectivity index (χ2n) is 2.76. The summed E-state index contributed by atoms with van der Waals surface area (Å²) in [6.45, 7) is 1.99. The van der Waals surface area contributed by atoms with Crippen LogP contribution in [0.3, 0.4) is 0 Å². The van der Waals surface area contributed by atoms with E-state index in [2.05, 4.69) is 15.2 Å². The van der Waals surface area contributed by atoms with Gasteiger partial charge in [-0.25, -0.2) is 4.98 Å². The lowest BCUT2D eigenvalue weighted by atomic mass is 10.5. The van der Waals surface area contributed by atoms with Gasteiger partial charge in [-0.1, -0.05) is 18.3 Å². The molecule has 2 aromatic rings. The highest BCUT2D eigenvalue weighted by molar-refractivity contribution is 7.13. The summed E-state index contributed by atoms with van der Waals surface area (Å²) in [6.07, 6.45) is 4.27. The Labute approximate surface area is 85.1 Å². The largest absolute Gasteiger partial charge is 0.390 e. The van der Waals surface area contributed by atoms with Crippen molar-refractivity contribution in [3.63, 3.8) is 0 Å². The smallest absolute Gasteiger partial charge is 0.217 e. The molecular formula is C8H10N4OS. The van der Waals surface area contributed by atoms with Gasteiger partial charge in [0, 0.05) is 6.20 Å². The summed E-state index contributed by atoms with van der Waals surface area (Å²) in [5.74, 6) is 0. The van der Waals surface area contributed by atoms with Crippen LogP contribution in [-0.4, -0.2) is 24.9 Å². The van der Waals surface area contributed by atoms with E-state index in [0.29, 0.717) is 5.69 Å². The highest BCUT2D eigenvalue weighted by atomic mass is 32.1. The molecule has 0 aliphatic rings. The lowest BCUT2D eigenvalue weighted by Gasteiger charge is -1.90. The van der Waals surface area contributed by atoms with E-state index >= 15 is 0 Å². The van der Waals surface area contributed by atoms with Gasteiger partial charge >= 0.3 is 0 Å². The Morgan fingerprint density at radius 2 is 2.36 bits per heavy atom. The fourth-order valence-corrected chi connectivity index (χ4v) is 1.77. The molecule has 0 unspecified atom stereocenters.